The number of ether oxygens (including phenoxy) is 1. The van der Waals surface area contributed by atoms with Gasteiger partial charge in [-0.3, -0.25) is 0 Å². The first kappa shape index (κ1) is 26.7. The second-order valence-electron chi connectivity index (χ2n) is 10.4. The first-order valence-corrected chi connectivity index (χ1v) is 14.2. The van der Waals surface area contributed by atoms with E-state index in [0.29, 0.717) is 49.0 Å². The minimum absolute atomic E-state index is 0.0408. The number of fused-ring (bicyclic) bond motifs is 1. The van der Waals surface area contributed by atoms with Gasteiger partial charge in [-0.2, -0.15) is 27.0 Å². The molecule has 9 nitrogen and oxygen atoms in total. The maximum atomic E-state index is 13.6. The van der Waals surface area contributed by atoms with E-state index in [1.54, 1.807) is 19.1 Å². The average Bonchev–Trinajstić information content (AvgIpc) is 3.24. The van der Waals surface area contributed by atoms with Crippen LogP contribution in [0, 0.1) is 18.8 Å². The minimum Gasteiger partial charge on any atom is -0.473 e. The molecule has 38 heavy (non-hydrogen) atoms. The number of benzene rings is 1. The van der Waals surface area contributed by atoms with E-state index in [-0.39, 0.29) is 22.6 Å². The molecular formula is C25H31F3N6O3S. The standard InChI is InChI=1S/C25H31F3N6O3S/c1-15(2)17-9-11-33(12-10-17)38(35,36)19-7-8-20(16(3)13-19)30-24-31-21-14-29-22(25(26,27)28)23(34(21)32-24)37-18-5-4-6-18/h7-8,13-15,17-18H,4-6,9-12H2,1-3H3,(H,30,32). The molecule has 1 N–H and O–H groups in total. The lowest BCUT2D eigenvalue weighted by atomic mass is 9.87. The molecule has 0 unspecified atom stereocenters. The van der Waals surface area contributed by atoms with Gasteiger partial charge in [0.1, 0.15) is 6.10 Å². The lowest BCUT2D eigenvalue weighted by Crippen LogP contribution is -2.39. The van der Waals surface area contributed by atoms with Crippen LogP contribution >= 0.6 is 0 Å². The molecule has 1 saturated carbocycles. The normalized spacial score (nSPS) is 18.2. The van der Waals surface area contributed by atoms with E-state index >= 15 is 0 Å². The van der Waals surface area contributed by atoms with Crippen LogP contribution in [0.3, 0.4) is 0 Å². The van der Waals surface area contributed by atoms with E-state index in [0.717, 1.165) is 30.0 Å². The van der Waals surface area contributed by atoms with Gasteiger partial charge in [0.15, 0.2) is 5.65 Å². The number of sulfonamides is 1. The summed E-state index contributed by atoms with van der Waals surface area (Å²) >= 11 is 0. The van der Waals surface area contributed by atoms with Crippen LogP contribution in [0.4, 0.5) is 24.8 Å². The Morgan fingerprint density at radius 1 is 1.13 bits per heavy atom. The maximum absolute atomic E-state index is 13.6. The molecule has 1 saturated heterocycles. The van der Waals surface area contributed by atoms with Crippen molar-refractivity contribution in [2.24, 2.45) is 11.8 Å². The Morgan fingerprint density at radius 2 is 1.84 bits per heavy atom. The number of alkyl halides is 3. The van der Waals surface area contributed by atoms with E-state index in [4.69, 9.17) is 4.74 Å². The summed E-state index contributed by atoms with van der Waals surface area (Å²) in [5.74, 6) is 0.603. The van der Waals surface area contributed by atoms with Crippen LogP contribution in [-0.4, -0.2) is 51.5 Å². The number of anilines is 2. The smallest absolute Gasteiger partial charge is 0.438 e. The van der Waals surface area contributed by atoms with Crippen LogP contribution in [0.5, 0.6) is 5.88 Å². The highest BCUT2D eigenvalue weighted by molar-refractivity contribution is 7.89. The van der Waals surface area contributed by atoms with Crippen molar-refractivity contribution in [2.75, 3.05) is 18.4 Å². The predicted molar refractivity (Wildman–Crippen MR) is 135 cm³/mol. The van der Waals surface area contributed by atoms with Crippen molar-refractivity contribution in [3.63, 3.8) is 0 Å². The van der Waals surface area contributed by atoms with Gasteiger partial charge in [-0.05, 0) is 74.6 Å². The SMILES string of the molecule is Cc1cc(S(=O)(=O)N2CCC(C(C)C)CC2)ccc1Nc1nc2cnc(C(F)(F)F)c(OC3CCC3)n2n1. The Labute approximate surface area is 219 Å². The van der Waals surface area contributed by atoms with Crippen LogP contribution in [-0.2, 0) is 16.2 Å². The summed E-state index contributed by atoms with van der Waals surface area (Å²) in [6, 6.07) is 4.71. The molecule has 2 aromatic heterocycles. The largest absolute Gasteiger partial charge is 0.473 e. The Kier molecular flexibility index (Phi) is 7.01. The molecule has 0 atom stereocenters. The van der Waals surface area contributed by atoms with Crippen LogP contribution in [0.15, 0.2) is 29.3 Å². The van der Waals surface area contributed by atoms with Crippen molar-refractivity contribution < 1.29 is 26.3 Å². The Hall–Kier alpha value is -2.93. The summed E-state index contributed by atoms with van der Waals surface area (Å²) in [6.07, 6.45) is -0.138. The molecule has 206 valence electrons. The lowest BCUT2D eigenvalue weighted by molar-refractivity contribution is -0.143. The first-order chi connectivity index (χ1) is 17.9. The molecule has 1 aliphatic heterocycles. The van der Waals surface area contributed by atoms with Crippen molar-refractivity contribution in [3.05, 3.63) is 35.7 Å². The average molecular weight is 553 g/mol. The second-order valence-corrected chi connectivity index (χ2v) is 12.3. The van der Waals surface area contributed by atoms with Gasteiger partial charge in [-0.15, -0.1) is 5.10 Å². The van der Waals surface area contributed by atoms with Gasteiger partial charge in [-0.25, -0.2) is 13.4 Å². The fourth-order valence-corrected chi connectivity index (χ4v) is 6.38. The van der Waals surface area contributed by atoms with Gasteiger partial charge >= 0.3 is 6.18 Å². The molecule has 3 heterocycles. The molecule has 5 rings (SSSR count). The van der Waals surface area contributed by atoms with Crippen LogP contribution in [0.1, 0.15) is 57.2 Å². The lowest BCUT2D eigenvalue weighted by Gasteiger charge is -2.33. The number of rotatable bonds is 7. The van der Waals surface area contributed by atoms with Gasteiger partial charge in [0.2, 0.25) is 27.5 Å². The third-order valence-corrected chi connectivity index (χ3v) is 9.35. The van der Waals surface area contributed by atoms with Crippen molar-refractivity contribution in [3.8, 4) is 5.88 Å². The van der Waals surface area contributed by atoms with Crippen LogP contribution < -0.4 is 10.1 Å². The zero-order chi connectivity index (χ0) is 27.2. The van der Waals surface area contributed by atoms with E-state index in [1.807, 2.05) is 0 Å². The number of halogens is 3. The minimum atomic E-state index is -4.71. The van der Waals surface area contributed by atoms with Crippen molar-refractivity contribution in [2.45, 2.75) is 70.1 Å². The number of nitrogens with one attached hydrogen (secondary N) is 1. The third-order valence-electron chi connectivity index (χ3n) is 7.46. The van der Waals surface area contributed by atoms with Gasteiger partial charge in [0, 0.05) is 18.8 Å². The van der Waals surface area contributed by atoms with Gasteiger partial charge in [0.25, 0.3) is 0 Å². The predicted octanol–water partition coefficient (Wildman–Crippen LogP) is 5.18. The maximum Gasteiger partial charge on any atom is 0.438 e. The van der Waals surface area contributed by atoms with E-state index in [2.05, 4.69) is 34.2 Å². The highest BCUT2D eigenvalue weighted by Gasteiger charge is 2.40. The van der Waals surface area contributed by atoms with Crippen molar-refractivity contribution >= 4 is 27.3 Å². The summed E-state index contributed by atoms with van der Waals surface area (Å²) in [5.41, 5.74) is 0.0962. The molecule has 0 bridgehead atoms. The molecule has 2 fully saturated rings. The summed E-state index contributed by atoms with van der Waals surface area (Å²) in [7, 11) is -3.64. The quantitative estimate of drug-likeness (QED) is 0.431. The van der Waals surface area contributed by atoms with Crippen LogP contribution in [0.2, 0.25) is 0 Å². The molecule has 2 aliphatic rings. The fourth-order valence-electron chi connectivity index (χ4n) is 4.82. The monoisotopic (exact) mass is 552 g/mol. The number of nitrogens with zero attached hydrogens (tertiary/aromatic N) is 5. The van der Waals surface area contributed by atoms with Gasteiger partial charge in [0.05, 0.1) is 11.1 Å². The number of aromatic nitrogens is 4. The molecule has 1 aromatic carbocycles. The van der Waals surface area contributed by atoms with E-state index in [1.165, 1.54) is 10.4 Å². The molecule has 3 aromatic rings. The third kappa shape index (κ3) is 5.18. The number of hydrogen-bond acceptors (Lipinski definition) is 7. The zero-order valence-corrected chi connectivity index (χ0v) is 22.3. The Bertz CT molecular complexity index is 1430. The first-order valence-electron chi connectivity index (χ1n) is 12.8. The Balaban J connectivity index is 1.38. The molecule has 0 amide bonds. The highest BCUT2D eigenvalue weighted by atomic mass is 32.2. The summed E-state index contributed by atoms with van der Waals surface area (Å²) < 4.78 is 75.4. The summed E-state index contributed by atoms with van der Waals surface area (Å²) in [6.45, 7) is 7.06. The fraction of sp³-hybridized carbons (Fsp3) is 0.560. The number of hydrogen-bond donors (Lipinski definition) is 1. The van der Waals surface area contributed by atoms with Gasteiger partial charge in [-0.1, -0.05) is 13.8 Å². The van der Waals surface area contributed by atoms with E-state index < -0.39 is 27.8 Å². The molecular weight excluding hydrogens is 521 g/mol. The molecule has 0 spiro atoms. The number of aryl methyl sites for hydroxylation is 1. The Morgan fingerprint density at radius 3 is 2.42 bits per heavy atom. The molecule has 0 radical (unpaired) electrons. The van der Waals surface area contributed by atoms with Crippen molar-refractivity contribution in [1.29, 1.82) is 0 Å². The molecule has 1 aliphatic carbocycles. The van der Waals surface area contributed by atoms with E-state index in [9.17, 15) is 21.6 Å². The summed E-state index contributed by atoms with van der Waals surface area (Å²) in [4.78, 5) is 8.00. The second kappa shape index (κ2) is 9.99. The zero-order valence-electron chi connectivity index (χ0n) is 21.5. The topological polar surface area (TPSA) is 102 Å². The molecule has 13 heteroatoms. The van der Waals surface area contributed by atoms with Crippen molar-refractivity contribution in [1.82, 2.24) is 23.9 Å². The highest BCUT2D eigenvalue weighted by Crippen LogP contribution is 2.37. The van der Waals surface area contributed by atoms with Crippen LogP contribution in [0.25, 0.3) is 5.65 Å². The summed E-state index contributed by atoms with van der Waals surface area (Å²) in [5, 5.41) is 7.19. The van der Waals surface area contributed by atoms with Gasteiger partial charge < -0.3 is 10.1 Å². The number of piperidine rings is 1.